The zero-order chi connectivity index (χ0) is 18.6. The van der Waals surface area contributed by atoms with Crippen molar-refractivity contribution in [2.45, 2.75) is 0 Å². The van der Waals surface area contributed by atoms with Gasteiger partial charge in [0.1, 0.15) is 18.2 Å². The molecule has 0 bridgehead atoms. The Morgan fingerprint density at radius 2 is 1.96 bits per heavy atom. The summed E-state index contributed by atoms with van der Waals surface area (Å²) in [6.07, 6.45) is 1.52. The van der Waals surface area contributed by atoms with Crippen LogP contribution < -0.4 is 21.7 Å². The summed E-state index contributed by atoms with van der Waals surface area (Å²) < 4.78 is 7.84. The first-order valence-corrected chi connectivity index (χ1v) is 7.78. The molecule has 0 fully saturated rings. The van der Waals surface area contributed by atoms with Gasteiger partial charge in [0, 0.05) is 26.9 Å². The Morgan fingerprint density at radius 1 is 1.24 bits per heavy atom. The Labute approximate surface area is 145 Å². The lowest BCUT2D eigenvalue weighted by molar-refractivity contribution is 0.261. The summed E-state index contributed by atoms with van der Waals surface area (Å²) in [5.74, 6) is 0.745. The molecular formula is C17H23N5O3. The number of rotatable bonds is 6. The highest BCUT2D eigenvalue weighted by molar-refractivity contribution is 5.83. The van der Waals surface area contributed by atoms with E-state index < -0.39 is 11.2 Å². The monoisotopic (exact) mass is 345 g/mol. The second-order valence-electron chi connectivity index (χ2n) is 5.92. The Morgan fingerprint density at radius 3 is 2.64 bits per heavy atom. The van der Waals surface area contributed by atoms with Crippen LogP contribution in [0.15, 0.2) is 38.8 Å². The Balaban J connectivity index is 2.26. The largest absolute Gasteiger partial charge is 0.492 e. The number of aliphatic imine (C=N–C) groups is 1. The number of ether oxygens (including phenoxy) is 1. The van der Waals surface area contributed by atoms with Crippen LogP contribution in [-0.4, -0.2) is 47.5 Å². The number of benzene rings is 1. The summed E-state index contributed by atoms with van der Waals surface area (Å²) in [7, 11) is 6.84. The molecule has 0 atom stereocenters. The molecule has 0 saturated carbocycles. The second kappa shape index (κ2) is 7.80. The molecule has 8 heteroatoms. The molecule has 2 N–H and O–H groups in total. The molecule has 8 nitrogen and oxygen atoms in total. The van der Waals surface area contributed by atoms with Crippen molar-refractivity contribution in [3.05, 3.63) is 50.7 Å². The average molecular weight is 345 g/mol. The molecule has 2 rings (SSSR count). The van der Waals surface area contributed by atoms with E-state index in [-0.39, 0.29) is 11.5 Å². The summed E-state index contributed by atoms with van der Waals surface area (Å²) in [5, 5.41) is 0. The van der Waals surface area contributed by atoms with Crippen LogP contribution in [0.5, 0.6) is 5.75 Å². The number of nitrogens with zero attached hydrogens (tertiary/aromatic N) is 4. The van der Waals surface area contributed by atoms with Gasteiger partial charge in [0.2, 0.25) is 0 Å². The Bertz CT molecular complexity index is 896. The van der Waals surface area contributed by atoms with E-state index in [1.165, 1.54) is 24.9 Å². The Hall–Kier alpha value is -2.87. The van der Waals surface area contributed by atoms with Gasteiger partial charge in [0.05, 0.1) is 0 Å². The van der Waals surface area contributed by atoms with Crippen LogP contribution in [0.3, 0.4) is 0 Å². The van der Waals surface area contributed by atoms with E-state index in [0.29, 0.717) is 12.4 Å². The number of nitrogens with two attached hydrogens (primary N) is 1. The molecule has 0 spiro atoms. The summed E-state index contributed by atoms with van der Waals surface area (Å²) in [6.45, 7) is 1.38. The van der Waals surface area contributed by atoms with E-state index >= 15 is 0 Å². The molecule has 0 saturated heterocycles. The minimum atomic E-state index is -0.532. The van der Waals surface area contributed by atoms with Gasteiger partial charge in [-0.1, -0.05) is 12.1 Å². The third kappa shape index (κ3) is 4.36. The predicted molar refractivity (Wildman–Crippen MR) is 99.1 cm³/mol. The van der Waals surface area contributed by atoms with Crippen molar-refractivity contribution in [3.63, 3.8) is 0 Å². The van der Waals surface area contributed by atoms with Gasteiger partial charge in [-0.2, -0.15) is 0 Å². The standard InChI is InChI=1S/C17H23N5O3/c1-20(2)8-9-25-13-7-5-6-12(10-13)11-19-14-15(18)21(3)17(24)22(4)16(14)23/h5-7,10-11H,8-9,18H2,1-4H3. The van der Waals surface area contributed by atoms with Gasteiger partial charge in [0.15, 0.2) is 5.69 Å². The van der Waals surface area contributed by atoms with Crippen molar-refractivity contribution in [2.24, 2.45) is 19.1 Å². The van der Waals surface area contributed by atoms with E-state index in [0.717, 1.165) is 16.7 Å². The van der Waals surface area contributed by atoms with Crippen LogP contribution in [0.4, 0.5) is 11.5 Å². The highest BCUT2D eigenvalue weighted by atomic mass is 16.5. The third-order valence-corrected chi connectivity index (χ3v) is 3.69. The molecular weight excluding hydrogens is 322 g/mol. The minimum Gasteiger partial charge on any atom is -0.492 e. The van der Waals surface area contributed by atoms with Crippen LogP contribution in [-0.2, 0) is 14.1 Å². The molecule has 1 aromatic carbocycles. The maximum atomic E-state index is 12.2. The van der Waals surface area contributed by atoms with E-state index in [2.05, 4.69) is 4.99 Å². The molecule has 0 unspecified atom stereocenters. The number of aromatic nitrogens is 2. The minimum absolute atomic E-state index is 0.0303. The molecule has 0 aliphatic rings. The normalized spacial score (nSPS) is 11.4. The van der Waals surface area contributed by atoms with Crippen molar-refractivity contribution < 1.29 is 4.74 Å². The highest BCUT2D eigenvalue weighted by Crippen LogP contribution is 2.15. The third-order valence-electron chi connectivity index (χ3n) is 3.69. The lowest BCUT2D eigenvalue weighted by atomic mass is 10.2. The van der Waals surface area contributed by atoms with Crippen molar-refractivity contribution in [2.75, 3.05) is 33.0 Å². The first-order chi connectivity index (χ1) is 11.8. The molecule has 1 heterocycles. The maximum absolute atomic E-state index is 12.2. The van der Waals surface area contributed by atoms with Gasteiger partial charge in [-0.25, -0.2) is 9.79 Å². The molecule has 0 radical (unpaired) electrons. The number of hydrogen-bond donors (Lipinski definition) is 1. The van der Waals surface area contributed by atoms with Gasteiger partial charge >= 0.3 is 5.69 Å². The number of hydrogen-bond acceptors (Lipinski definition) is 6. The van der Waals surface area contributed by atoms with Crippen molar-refractivity contribution in [3.8, 4) is 5.75 Å². The summed E-state index contributed by atoms with van der Waals surface area (Å²) in [4.78, 5) is 30.2. The van der Waals surface area contributed by atoms with Gasteiger partial charge < -0.3 is 15.4 Å². The first-order valence-electron chi connectivity index (χ1n) is 7.78. The zero-order valence-corrected chi connectivity index (χ0v) is 14.9. The van der Waals surface area contributed by atoms with Gasteiger partial charge in [0.25, 0.3) is 5.56 Å². The highest BCUT2D eigenvalue weighted by Gasteiger charge is 2.11. The predicted octanol–water partition coefficient (Wildman–Crippen LogP) is 0.357. The van der Waals surface area contributed by atoms with Crippen LogP contribution >= 0.6 is 0 Å². The van der Waals surface area contributed by atoms with Crippen molar-refractivity contribution in [1.29, 1.82) is 0 Å². The molecule has 25 heavy (non-hydrogen) atoms. The molecule has 134 valence electrons. The van der Waals surface area contributed by atoms with E-state index in [4.69, 9.17) is 10.5 Å². The van der Waals surface area contributed by atoms with Gasteiger partial charge in [-0.05, 0) is 31.8 Å². The fourth-order valence-corrected chi connectivity index (χ4v) is 2.13. The zero-order valence-electron chi connectivity index (χ0n) is 14.9. The lowest BCUT2D eigenvalue weighted by Gasteiger charge is -2.11. The molecule has 0 aliphatic carbocycles. The van der Waals surface area contributed by atoms with Gasteiger partial charge in [-0.3, -0.25) is 13.9 Å². The summed E-state index contributed by atoms with van der Waals surface area (Å²) in [5.41, 5.74) is 5.62. The van der Waals surface area contributed by atoms with E-state index in [1.54, 1.807) is 0 Å². The van der Waals surface area contributed by atoms with Crippen molar-refractivity contribution >= 4 is 17.7 Å². The topological polar surface area (TPSA) is 94.8 Å². The van der Waals surface area contributed by atoms with Crippen LogP contribution in [0.25, 0.3) is 0 Å². The molecule has 2 aromatic rings. The SMILES string of the molecule is CN(C)CCOc1cccc(C=Nc2c(N)n(C)c(=O)n(C)c2=O)c1. The van der Waals surface area contributed by atoms with Crippen molar-refractivity contribution in [1.82, 2.24) is 14.0 Å². The maximum Gasteiger partial charge on any atom is 0.332 e. The molecule has 1 aromatic heterocycles. The lowest BCUT2D eigenvalue weighted by Crippen LogP contribution is -2.37. The Kier molecular flexibility index (Phi) is 5.76. The van der Waals surface area contributed by atoms with Crippen LogP contribution in [0, 0.1) is 0 Å². The smallest absolute Gasteiger partial charge is 0.332 e. The number of nitrogen functional groups attached to an aromatic ring is 1. The molecule has 0 amide bonds. The fraction of sp³-hybridized carbons (Fsp3) is 0.353. The van der Waals surface area contributed by atoms with Gasteiger partial charge in [-0.15, -0.1) is 0 Å². The number of anilines is 1. The summed E-state index contributed by atoms with van der Waals surface area (Å²) in [6, 6.07) is 7.36. The molecule has 0 aliphatic heterocycles. The van der Waals surface area contributed by atoms with Crippen LogP contribution in [0.2, 0.25) is 0 Å². The van der Waals surface area contributed by atoms with E-state index in [9.17, 15) is 9.59 Å². The fourth-order valence-electron chi connectivity index (χ4n) is 2.13. The average Bonchev–Trinajstić information content (AvgIpc) is 2.58. The summed E-state index contributed by atoms with van der Waals surface area (Å²) >= 11 is 0. The second-order valence-corrected chi connectivity index (χ2v) is 5.92. The first kappa shape index (κ1) is 18.5. The van der Waals surface area contributed by atoms with Crippen LogP contribution in [0.1, 0.15) is 5.56 Å². The quantitative estimate of drug-likeness (QED) is 0.763. The van der Waals surface area contributed by atoms with E-state index in [1.807, 2.05) is 43.3 Å². The number of likely N-dealkylation sites (N-methyl/N-ethyl adjacent to an activating group) is 1.